The van der Waals surface area contributed by atoms with Gasteiger partial charge < -0.3 is 0 Å². The molecule has 0 aliphatic heterocycles. The lowest BCUT2D eigenvalue weighted by molar-refractivity contribution is -0.199. The van der Waals surface area contributed by atoms with Crippen molar-refractivity contribution < 1.29 is 31.1 Å². The standard InChI is InChI=1S/C9H12F6OS/c1-2-7(16)17-4-3-8(11,12)5-6(10)9(13,14)15/h6H,2-5H2,1H3. The zero-order valence-electron chi connectivity index (χ0n) is 8.99. The van der Waals surface area contributed by atoms with Gasteiger partial charge in [0, 0.05) is 18.6 Å². The van der Waals surface area contributed by atoms with E-state index in [-0.39, 0.29) is 17.3 Å². The van der Waals surface area contributed by atoms with Crippen molar-refractivity contribution in [2.24, 2.45) is 0 Å². The van der Waals surface area contributed by atoms with Gasteiger partial charge in [-0.05, 0) is 0 Å². The number of hydrogen-bond acceptors (Lipinski definition) is 2. The van der Waals surface area contributed by atoms with Gasteiger partial charge >= 0.3 is 6.18 Å². The van der Waals surface area contributed by atoms with E-state index in [2.05, 4.69) is 0 Å². The van der Waals surface area contributed by atoms with E-state index in [1.54, 1.807) is 0 Å². The summed E-state index contributed by atoms with van der Waals surface area (Å²) in [6, 6.07) is 0. The maximum absolute atomic E-state index is 12.9. The number of rotatable bonds is 6. The van der Waals surface area contributed by atoms with E-state index in [0.29, 0.717) is 11.8 Å². The highest BCUT2D eigenvalue weighted by molar-refractivity contribution is 8.13. The number of carbonyl (C=O) groups excluding carboxylic acids is 1. The summed E-state index contributed by atoms with van der Waals surface area (Å²) in [5.74, 6) is -4.07. The van der Waals surface area contributed by atoms with Gasteiger partial charge in [-0.3, -0.25) is 4.79 Å². The number of alkyl halides is 6. The van der Waals surface area contributed by atoms with Crippen LogP contribution in [0.15, 0.2) is 0 Å². The average molecular weight is 282 g/mol. The first-order chi connectivity index (χ1) is 7.58. The molecule has 0 N–H and O–H groups in total. The molecule has 0 rings (SSSR count). The van der Waals surface area contributed by atoms with Crippen LogP contribution in [0, 0.1) is 0 Å². The SMILES string of the molecule is CCC(=O)SCCC(F)(F)CC(F)C(F)(F)F. The second-order valence-electron chi connectivity index (χ2n) is 3.39. The largest absolute Gasteiger partial charge is 0.419 e. The van der Waals surface area contributed by atoms with Gasteiger partial charge in [-0.2, -0.15) is 13.2 Å². The lowest BCUT2D eigenvalue weighted by atomic mass is 10.1. The minimum Gasteiger partial charge on any atom is -0.287 e. The molecular formula is C9H12F6OS. The van der Waals surface area contributed by atoms with Gasteiger partial charge in [0.1, 0.15) is 0 Å². The molecule has 0 aliphatic carbocycles. The Balaban J connectivity index is 4.07. The van der Waals surface area contributed by atoms with Gasteiger partial charge in [0.25, 0.3) is 5.92 Å². The van der Waals surface area contributed by atoms with Gasteiger partial charge in [0.2, 0.25) is 6.17 Å². The Hall–Kier alpha value is -0.400. The molecule has 102 valence electrons. The lowest BCUT2D eigenvalue weighted by Gasteiger charge is -2.19. The van der Waals surface area contributed by atoms with Crippen molar-refractivity contribution in [1.82, 2.24) is 0 Å². The Kier molecular flexibility index (Phi) is 6.36. The molecule has 0 aromatic heterocycles. The normalized spacial score (nSPS) is 14.8. The zero-order valence-corrected chi connectivity index (χ0v) is 9.81. The van der Waals surface area contributed by atoms with Crippen LogP contribution in [-0.4, -0.2) is 29.1 Å². The fourth-order valence-corrected chi connectivity index (χ4v) is 1.73. The summed E-state index contributed by atoms with van der Waals surface area (Å²) < 4.78 is 73.3. The van der Waals surface area contributed by atoms with E-state index in [9.17, 15) is 31.1 Å². The summed E-state index contributed by atoms with van der Waals surface area (Å²) in [4.78, 5) is 10.7. The van der Waals surface area contributed by atoms with Gasteiger partial charge in [-0.1, -0.05) is 18.7 Å². The van der Waals surface area contributed by atoms with Gasteiger partial charge in [0.15, 0.2) is 5.12 Å². The number of carbonyl (C=O) groups is 1. The van der Waals surface area contributed by atoms with Crippen LogP contribution in [0.1, 0.15) is 26.2 Å². The fourth-order valence-electron chi connectivity index (χ4n) is 0.896. The second-order valence-corrected chi connectivity index (χ2v) is 4.55. The van der Waals surface area contributed by atoms with E-state index < -0.39 is 31.1 Å². The summed E-state index contributed by atoms with van der Waals surface area (Å²) in [5, 5.41) is -0.326. The van der Waals surface area contributed by atoms with Crippen LogP contribution in [0.25, 0.3) is 0 Å². The van der Waals surface area contributed by atoms with Crippen molar-refractivity contribution in [2.45, 2.75) is 44.5 Å². The molecule has 0 amide bonds. The summed E-state index contributed by atoms with van der Waals surface area (Å²) in [7, 11) is 0. The topological polar surface area (TPSA) is 17.1 Å². The third-order valence-electron chi connectivity index (χ3n) is 1.85. The summed E-state index contributed by atoms with van der Waals surface area (Å²) in [5.41, 5.74) is 0. The molecule has 0 fully saturated rings. The molecule has 0 aromatic rings. The maximum Gasteiger partial charge on any atom is 0.419 e. The van der Waals surface area contributed by atoms with Crippen molar-refractivity contribution in [3.63, 3.8) is 0 Å². The van der Waals surface area contributed by atoms with Crippen LogP contribution in [-0.2, 0) is 4.79 Å². The molecule has 0 aliphatic rings. The van der Waals surface area contributed by atoms with Gasteiger partial charge in [-0.25, -0.2) is 13.2 Å². The molecule has 17 heavy (non-hydrogen) atoms. The number of halogens is 6. The minimum absolute atomic E-state index is 0.157. The quantitative estimate of drug-likeness (QED) is 0.686. The number of hydrogen-bond donors (Lipinski definition) is 0. The van der Waals surface area contributed by atoms with Crippen LogP contribution in [0.3, 0.4) is 0 Å². The predicted molar refractivity (Wildman–Crippen MR) is 52.9 cm³/mol. The molecular weight excluding hydrogens is 270 g/mol. The third kappa shape index (κ3) is 7.51. The highest BCUT2D eigenvalue weighted by Gasteiger charge is 2.46. The number of thioether (sulfide) groups is 1. The lowest BCUT2D eigenvalue weighted by Crippen LogP contribution is -2.32. The van der Waals surface area contributed by atoms with Crippen molar-refractivity contribution >= 4 is 16.9 Å². The van der Waals surface area contributed by atoms with Gasteiger partial charge in [-0.15, -0.1) is 0 Å². The Morgan fingerprint density at radius 1 is 1.24 bits per heavy atom. The summed E-state index contributed by atoms with van der Waals surface area (Å²) in [6.45, 7) is 1.54. The summed E-state index contributed by atoms with van der Waals surface area (Å²) >= 11 is 0.615. The van der Waals surface area contributed by atoms with Crippen molar-refractivity contribution in [3.8, 4) is 0 Å². The van der Waals surface area contributed by atoms with E-state index in [0.717, 1.165) is 0 Å². The maximum atomic E-state index is 12.9. The molecule has 1 atom stereocenters. The Morgan fingerprint density at radius 2 is 1.76 bits per heavy atom. The molecule has 0 heterocycles. The second kappa shape index (κ2) is 6.51. The van der Waals surface area contributed by atoms with Crippen molar-refractivity contribution in [2.75, 3.05) is 5.75 Å². The monoisotopic (exact) mass is 282 g/mol. The molecule has 1 nitrogen and oxygen atoms in total. The molecule has 0 bridgehead atoms. The fraction of sp³-hybridized carbons (Fsp3) is 0.889. The first-order valence-corrected chi connectivity index (χ1v) is 5.81. The predicted octanol–water partition coefficient (Wildman–Crippen LogP) is 3.97. The van der Waals surface area contributed by atoms with E-state index >= 15 is 0 Å². The van der Waals surface area contributed by atoms with Crippen molar-refractivity contribution in [1.29, 1.82) is 0 Å². The van der Waals surface area contributed by atoms with Crippen LogP contribution < -0.4 is 0 Å². The van der Waals surface area contributed by atoms with Crippen LogP contribution >= 0.6 is 11.8 Å². The average Bonchev–Trinajstić information content (AvgIpc) is 2.14. The van der Waals surface area contributed by atoms with E-state index in [4.69, 9.17) is 0 Å². The smallest absolute Gasteiger partial charge is 0.287 e. The van der Waals surface area contributed by atoms with Crippen LogP contribution in [0.4, 0.5) is 26.3 Å². The molecule has 0 radical (unpaired) electrons. The van der Waals surface area contributed by atoms with Crippen LogP contribution in [0.2, 0.25) is 0 Å². The van der Waals surface area contributed by atoms with E-state index in [1.807, 2.05) is 0 Å². The summed E-state index contributed by atoms with van der Waals surface area (Å²) in [6.07, 6.45) is -11.5. The molecule has 1 unspecified atom stereocenters. The van der Waals surface area contributed by atoms with Crippen molar-refractivity contribution in [3.05, 3.63) is 0 Å². The Labute approximate surface area is 98.9 Å². The first kappa shape index (κ1) is 16.6. The molecule has 0 saturated carbocycles. The molecule has 0 saturated heterocycles. The van der Waals surface area contributed by atoms with E-state index in [1.165, 1.54) is 6.92 Å². The molecule has 0 aromatic carbocycles. The Morgan fingerprint density at radius 3 is 2.18 bits per heavy atom. The minimum atomic E-state index is -5.27. The molecule has 8 heteroatoms. The highest BCUT2D eigenvalue weighted by Crippen LogP contribution is 2.34. The highest BCUT2D eigenvalue weighted by atomic mass is 32.2. The molecule has 0 spiro atoms. The first-order valence-electron chi connectivity index (χ1n) is 4.82. The van der Waals surface area contributed by atoms with Gasteiger partial charge in [0.05, 0.1) is 6.42 Å². The zero-order chi connectivity index (χ0) is 13.7. The Bertz CT molecular complexity index is 252. The van der Waals surface area contributed by atoms with Crippen LogP contribution in [0.5, 0.6) is 0 Å². The third-order valence-corrected chi connectivity index (χ3v) is 2.87.